The molecule has 0 saturated heterocycles. The highest BCUT2D eigenvalue weighted by molar-refractivity contribution is 5.85. The van der Waals surface area contributed by atoms with Crippen LogP contribution in [-0.4, -0.2) is 4.92 Å². The van der Waals surface area contributed by atoms with Crippen LogP contribution < -0.4 is 10.4 Å². The van der Waals surface area contributed by atoms with Gasteiger partial charge < -0.3 is 9.15 Å². The average Bonchev–Trinajstić information content (AvgIpc) is 2.60. The Morgan fingerprint density at radius 1 is 1.00 bits per heavy atom. The van der Waals surface area contributed by atoms with Crippen LogP contribution >= 0.6 is 0 Å². The van der Waals surface area contributed by atoms with Crippen molar-refractivity contribution in [3.05, 3.63) is 79.2 Å². The largest absolute Gasteiger partial charge is 0.488 e. The number of benzene rings is 2. The second-order valence-corrected chi connectivity index (χ2v) is 5.92. The number of ether oxygens (including phenoxy) is 1. The normalized spacial score (nSPS) is 10.8. The topological polar surface area (TPSA) is 82.6 Å². The zero-order valence-electron chi connectivity index (χ0n) is 14.2. The fourth-order valence-electron chi connectivity index (χ4n) is 2.66. The van der Waals surface area contributed by atoms with Gasteiger partial charge in [-0.25, -0.2) is 4.79 Å². The fourth-order valence-corrected chi connectivity index (χ4v) is 2.66. The van der Waals surface area contributed by atoms with Crippen LogP contribution in [0.15, 0.2) is 45.6 Å². The van der Waals surface area contributed by atoms with E-state index in [1.54, 1.807) is 19.1 Å². The van der Waals surface area contributed by atoms with Crippen LogP contribution in [0, 0.1) is 30.9 Å². The molecule has 0 aliphatic heterocycles. The van der Waals surface area contributed by atoms with Crippen molar-refractivity contribution in [3.63, 3.8) is 0 Å². The molecule has 6 heteroatoms. The van der Waals surface area contributed by atoms with Crippen molar-refractivity contribution in [2.75, 3.05) is 0 Å². The first kappa shape index (κ1) is 16.7. The SMILES string of the molecule is Cc1c(C)c2ccc(OCc3ccc([N+](=O)[O-])cc3)c(C)c2oc1=O. The molecule has 0 aliphatic carbocycles. The molecule has 0 bridgehead atoms. The van der Waals surface area contributed by atoms with Crippen LogP contribution in [0.1, 0.15) is 22.3 Å². The fraction of sp³-hybridized carbons (Fsp3) is 0.211. The molecular formula is C19H17NO5. The lowest BCUT2D eigenvalue weighted by molar-refractivity contribution is -0.384. The molecule has 1 aromatic heterocycles. The van der Waals surface area contributed by atoms with E-state index in [9.17, 15) is 14.9 Å². The van der Waals surface area contributed by atoms with Gasteiger partial charge in [-0.05, 0) is 56.2 Å². The smallest absolute Gasteiger partial charge is 0.339 e. The van der Waals surface area contributed by atoms with Crippen LogP contribution in [0.4, 0.5) is 5.69 Å². The highest BCUT2D eigenvalue weighted by Gasteiger charge is 2.13. The summed E-state index contributed by atoms with van der Waals surface area (Å²) in [6.45, 7) is 5.74. The van der Waals surface area contributed by atoms with Crippen LogP contribution in [0.5, 0.6) is 5.75 Å². The van der Waals surface area contributed by atoms with Gasteiger partial charge in [0.05, 0.1) is 4.92 Å². The highest BCUT2D eigenvalue weighted by Crippen LogP contribution is 2.29. The van der Waals surface area contributed by atoms with Crippen molar-refractivity contribution in [2.45, 2.75) is 27.4 Å². The summed E-state index contributed by atoms with van der Waals surface area (Å²) in [6, 6.07) is 9.91. The molecule has 1 heterocycles. The summed E-state index contributed by atoms with van der Waals surface area (Å²) in [5.74, 6) is 0.609. The maximum Gasteiger partial charge on any atom is 0.339 e. The minimum atomic E-state index is -0.440. The molecule has 3 rings (SSSR count). The van der Waals surface area contributed by atoms with Crippen molar-refractivity contribution in [1.29, 1.82) is 0 Å². The van der Waals surface area contributed by atoms with E-state index in [1.165, 1.54) is 12.1 Å². The first-order valence-corrected chi connectivity index (χ1v) is 7.78. The summed E-state index contributed by atoms with van der Waals surface area (Å²) in [6.07, 6.45) is 0. The summed E-state index contributed by atoms with van der Waals surface area (Å²) in [5.41, 5.74) is 3.28. The standard InChI is InChI=1S/C19H17NO5/c1-11-12(2)19(21)25-18-13(3)17(9-8-16(11)18)24-10-14-4-6-15(7-5-14)20(22)23/h4-9H,10H2,1-3H3. The molecule has 0 saturated carbocycles. The third-order valence-electron chi connectivity index (χ3n) is 4.37. The minimum absolute atomic E-state index is 0.0401. The number of fused-ring (bicyclic) bond motifs is 1. The molecule has 2 aromatic carbocycles. The van der Waals surface area contributed by atoms with Gasteiger partial charge in [0, 0.05) is 28.6 Å². The van der Waals surface area contributed by atoms with Crippen molar-refractivity contribution < 1.29 is 14.1 Å². The van der Waals surface area contributed by atoms with E-state index in [0.29, 0.717) is 16.9 Å². The molecule has 0 aliphatic rings. The van der Waals surface area contributed by atoms with E-state index < -0.39 is 4.92 Å². The maximum absolute atomic E-state index is 11.9. The number of aryl methyl sites for hydroxylation is 2. The lowest BCUT2D eigenvalue weighted by Gasteiger charge is -2.12. The van der Waals surface area contributed by atoms with Gasteiger partial charge >= 0.3 is 5.63 Å². The maximum atomic E-state index is 11.9. The van der Waals surface area contributed by atoms with Crippen molar-refractivity contribution in [1.82, 2.24) is 0 Å². The molecule has 0 N–H and O–H groups in total. The van der Waals surface area contributed by atoms with E-state index in [4.69, 9.17) is 9.15 Å². The summed E-state index contributed by atoms with van der Waals surface area (Å²) in [5, 5.41) is 11.6. The number of nitro groups is 1. The Morgan fingerprint density at radius 2 is 1.68 bits per heavy atom. The van der Waals surface area contributed by atoms with Gasteiger partial charge in [0.1, 0.15) is 17.9 Å². The third-order valence-corrected chi connectivity index (χ3v) is 4.37. The van der Waals surface area contributed by atoms with E-state index in [0.717, 1.165) is 22.1 Å². The van der Waals surface area contributed by atoms with Gasteiger partial charge in [-0.1, -0.05) is 0 Å². The summed E-state index contributed by atoms with van der Waals surface area (Å²) < 4.78 is 11.2. The van der Waals surface area contributed by atoms with E-state index in [1.807, 2.05) is 26.0 Å². The Balaban J connectivity index is 1.89. The number of nitrogens with zero attached hydrogens (tertiary/aromatic N) is 1. The second-order valence-electron chi connectivity index (χ2n) is 5.92. The number of non-ortho nitro benzene ring substituents is 1. The Hall–Kier alpha value is -3.15. The predicted molar refractivity (Wildman–Crippen MR) is 94.1 cm³/mol. The lowest BCUT2D eigenvalue weighted by atomic mass is 10.0. The van der Waals surface area contributed by atoms with Crippen LogP contribution in [-0.2, 0) is 6.61 Å². The predicted octanol–water partition coefficient (Wildman–Crippen LogP) is 4.21. The number of hydrogen-bond acceptors (Lipinski definition) is 5. The van der Waals surface area contributed by atoms with Crippen LogP contribution in [0.3, 0.4) is 0 Å². The van der Waals surface area contributed by atoms with E-state index >= 15 is 0 Å². The van der Waals surface area contributed by atoms with Gasteiger partial charge in [0.2, 0.25) is 0 Å². The number of hydrogen-bond donors (Lipinski definition) is 0. The van der Waals surface area contributed by atoms with Gasteiger partial charge in [0.25, 0.3) is 5.69 Å². The van der Waals surface area contributed by atoms with Crippen LogP contribution in [0.25, 0.3) is 11.0 Å². The van der Waals surface area contributed by atoms with Crippen LogP contribution in [0.2, 0.25) is 0 Å². The molecule has 0 fully saturated rings. The lowest BCUT2D eigenvalue weighted by Crippen LogP contribution is -2.07. The average molecular weight is 339 g/mol. The number of rotatable bonds is 4. The quantitative estimate of drug-likeness (QED) is 0.404. The zero-order chi connectivity index (χ0) is 18.1. The molecular weight excluding hydrogens is 322 g/mol. The molecule has 0 radical (unpaired) electrons. The van der Waals surface area contributed by atoms with Crippen molar-refractivity contribution in [3.8, 4) is 5.75 Å². The van der Waals surface area contributed by atoms with Gasteiger partial charge in [-0.3, -0.25) is 10.1 Å². The highest BCUT2D eigenvalue weighted by atomic mass is 16.6. The molecule has 25 heavy (non-hydrogen) atoms. The molecule has 0 atom stereocenters. The molecule has 128 valence electrons. The molecule has 0 amide bonds. The van der Waals surface area contributed by atoms with Crippen molar-refractivity contribution >= 4 is 16.7 Å². The minimum Gasteiger partial charge on any atom is -0.488 e. The Bertz CT molecular complexity index is 1020. The first-order chi connectivity index (χ1) is 11.9. The third kappa shape index (κ3) is 3.10. The van der Waals surface area contributed by atoms with E-state index in [2.05, 4.69) is 0 Å². The van der Waals surface area contributed by atoms with Gasteiger partial charge in [-0.2, -0.15) is 0 Å². The number of nitro benzene ring substituents is 1. The van der Waals surface area contributed by atoms with Gasteiger partial charge in [-0.15, -0.1) is 0 Å². The van der Waals surface area contributed by atoms with Gasteiger partial charge in [0.15, 0.2) is 0 Å². The Labute approximate surface area is 143 Å². The zero-order valence-corrected chi connectivity index (χ0v) is 14.2. The molecule has 3 aromatic rings. The second kappa shape index (κ2) is 6.39. The Kier molecular flexibility index (Phi) is 4.27. The molecule has 6 nitrogen and oxygen atoms in total. The van der Waals surface area contributed by atoms with Crippen molar-refractivity contribution in [2.24, 2.45) is 0 Å². The summed E-state index contributed by atoms with van der Waals surface area (Å²) in [4.78, 5) is 22.2. The Morgan fingerprint density at radius 3 is 2.32 bits per heavy atom. The monoisotopic (exact) mass is 339 g/mol. The molecule has 0 unspecified atom stereocenters. The first-order valence-electron chi connectivity index (χ1n) is 7.78. The summed E-state index contributed by atoms with van der Waals surface area (Å²) >= 11 is 0. The summed E-state index contributed by atoms with van der Waals surface area (Å²) in [7, 11) is 0. The molecule has 0 spiro atoms. The van der Waals surface area contributed by atoms with E-state index in [-0.39, 0.29) is 17.9 Å².